The highest BCUT2D eigenvalue weighted by atomic mass is 31.2. The number of pyridine rings is 1. The second-order valence-corrected chi connectivity index (χ2v) is 17.8. The molecular weight excluding hydrogens is 736 g/mol. The summed E-state index contributed by atoms with van der Waals surface area (Å²) >= 11 is 0. The van der Waals surface area contributed by atoms with Crippen LogP contribution in [-0.4, -0.2) is 9.55 Å². The monoisotopic (exact) mass is 772 g/mol. The first-order chi connectivity index (χ1) is 29.1. The Balaban J connectivity index is 1.06. The van der Waals surface area contributed by atoms with Crippen LogP contribution in [0.4, 0.5) is 0 Å². The van der Waals surface area contributed by atoms with Gasteiger partial charge < -0.3 is 9.13 Å². The summed E-state index contributed by atoms with van der Waals surface area (Å²) in [6.45, 7) is 0. The molecule has 0 aliphatic heterocycles. The predicted octanol–water partition coefficient (Wildman–Crippen LogP) is 13.1. The van der Waals surface area contributed by atoms with E-state index in [1.54, 1.807) is 0 Å². The maximum atomic E-state index is 15.0. The van der Waals surface area contributed by atoms with Crippen LogP contribution >= 0.6 is 7.14 Å². The normalized spacial score (nSPS) is 11.8. The molecule has 0 aliphatic carbocycles. The maximum Gasteiger partial charge on any atom is 0.171 e. The standard InChI is InChI=1S/C55H37N2OP/c58-59(43-20-9-3-10-21-43,44-22-11-4-12-23-44)45-34-32-39(33-35-45)38-28-30-40(31-29-38)46-25-15-26-51-54(46)49-36-48-47-24-13-14-27-52(47)57(42-18-7-2-8-19-42)53(48)37-50(49)55(56-51)41-16-5-1-6-17-41/h1-37H. The third-order valence-electron chi connectivity index (χ3n) is 11.7. The van der Waals surface area contributed by atoms with Crippen molar-refractivity contribution >= 4 is 66.5 Å². The van der Waals surface area contributed by atoms with Crippen molar-refractivity contribution < 1.29 is 4.57 Å². The quantitative estimate of drug-likeness (QED) is 0.119. The maximum absolute atomic E-state index is 15.0. The largest absolute Gasteiger partial charge is 0.309 e. The summed E-state index contributed by atoms with van der Waals surface area (Å²) in [4.78, 5) is 5.43. The van der Waals surface area contributed by atoms with Crippen molar-refractivity contribution in [2.24, 2.45) is 0 Å². The SMILES string of the molecule is O=P(c1ccccc1)(c1ccccc1)c1ccc(-c2ccc(-c3cccc4nc(-c5ccccc5)c5cc6c(cc5c34)c3ccccc3n6-c3ccccc3)cc2)cc1. The topological polar surface area (TPSA) is 34.9 Å². The Bertz CT molecular complexity index is 3320. The lowest BCUT2D eigenvalue weighted by Gasteiger charge is -2.20. The molecule has 0 spiro atoms. The summed E-state index contributed by atoms with van der Waals surface area (Å²) in [5, 5.41) is 8.34. The van der Waals surface area contributed by atoms with E-state index in [0.717, 1.165) is 76.9 Å². The van der Waals surface area contributed by atoms with Crippen molar-refractivity contribution in [1.82, 2.24) is 9.55 Å². The molecule has 0 atom stereocenters. The molecule has 4 heteroatoms. The van der Waals surface area contributed by atoms with Crippen LogP contribution in [0.1, 0.15) is 0 Å². The molecule has 0 radical (unpaired) electrons. The third kappa shape index (κ3) is 5.82. The van der Waals surface area contributed by atoms with Crippen LogP contribution in [0.3, 0.4) is 0 Å². The zero-order valence-electron chi connectivity index (χ0n) is 32.1. The van der Waals surface area contributed by atoms with Crippen molar-refractivity contribution in [2.45, 2.75) is 0 Å². The third-order valence-corrected chi connectivity index (χ3v) is 14.7. The first-order valence-corrected chi connectivity index (χ1v) is 21.7. The van der Waals surface area contributed by atoms with Gasteiger partial charge >= 0.3 is 0 Å². The van der Waals surface area contributed by atoms with Crippen molar-refractivity contribution in [2.75, 3.05) is 0 Å². The highest BCUT2D eigenvalue weighted by Crippen LogP contribution is 2.44. The van der Waals surface area contributed by atoms with Gasteiger partial charge in [-0.15, -0.1) is 0 Å². The van der Waals surface area contributed by atoms with E-state index in [0.29, 0.717) is 0 Å². The molecule has 59 heavy (non-hydrogen) atoms. The average molecular weight is 773 g/mol. The van der Waals surface area contributed by atoms with E-state index >= 15 is 0 Å². The molecule has 3 nitrogen and oxygen atoms in total. The first-order valence-electron chi connectivity index (χ1n) is 20.0. The van der Waals surface area contributed by atoms with E-state index in [-0.39, 0.29) is 0 Å². The lowest BCUT2D eigenvalue weighted by molar-refractivity contribution is 0.592. The highest BCUT2D eigenvalue weighted by molar-refractivity contribution is 7.85. The second-order valence-electron chi connectivity index (χ2n) is 15.0. The minimum Gasteiger partial charge on any atom is -0.309 e. The van der Waals surface area contributed by atoms with Gasteiger partial charge in [0.1, 0.15) is 0 Å². The molecule has 0 saturated heterocycles. The Kier molecular flexibility index (Phi) is 8.43. The fraction of sp³-hybridized carbons (Fsp3) is 0. The summed E-state index contributed by atoms with van der Waals surface area (Å²) < 4.78 is 17.3. The van der Waals surface area contributed by atoms with Gasteiger partial charge in [0, 0.05) is 48.7 Å². The minimum absolute atomic E-state index is 0.821. The fourth-order valence-electron chi connectivity index (χ4n) is 8.86. The van der Waals surface area contributed by atoms with Gasteiger partial charge in [0.25, 0.3) is 0 Å². The Labute approximate surface area is 342 Å². The summed E-state index contributed by atoms with van der Waals surface area (Å²) in [5.74, 6) is 0. The molecule has 2 aromatic heterocycles. The number of fused-ring (bicyclic) bond motifs is 6. The Hall–Kier alpha value is -7.32. The van der Waals surface area contributed by atoms with Crippen LogP contribution in [-0.2, 0) is 4.57 Å². The van der Waals surface area contributed by atoms with E-state index < -0.39 is 7.14 Å². The Morgan fingerprint density at radius 2 is 0.915 bits per heavy atom. The Morgan fingerprint density at radius 3 is 1.58 bits per heavy atom. The zero-order valence-corrected chi connectivity index (χ0v) is 33.0. The van der Waals surface area contributed by atoms with Crippen LogP contribution in [0.25, 0.3) is 82.7 Å². The molecule has 11 rings (SSSR count). The van der Waals surface area contributed by atoms with E-state index in [1.807, 2.05) is 72.8 Å². The van der Waals surface area contributed by atoms with Crippen molar-refractivity contribution in [3.8, 4) is 39.2 Å². The van der Waals surface area contributed by atoms with Gasteiger partial charge in [-0.1, -0.05) is 188 Å². The van der Waals surface area contributed by atoms with Crippen LogP contribution < -0.4 is 15.9 Å². The van der Waals surface area contributed by atoms with Gasteiger partial charge in [-0.05, 0) is 64.0 Å². The molecule has 11 aromatic rings. The van der Waals surface area contributed by atoms with E-state index in [2.05, 4.69) is 156 Å². The number of hydrogen-bond acceptors (Lipinski definition) is 2. The molecular formula is C55H37N2OP. The van der Waals surface area contributed by atoms with Gasteiger partial charge in [-0.3, -0.25) is 0 Å². The summed E-state index contributed by atoms with van der Waals surface area (Å²) in [6, 6.07) is 77.8. The van der Waals surface area contributed by atoms with Crippen molar-refractivity contribution in [3.05, 3.63) is 224 Å². The van der Waals surface area contributed by atoms with Gasteiger partial charge in [0.15, 0.2) is 7.14 Å². The smallest absolute Gasteiger partial charge is 0.171 e. The van der Waals surface area contributed by atoms with E-state index in [1.165, 1.54) is 21.7 Å². The van der Waals surface area contributed by atoms with Crippen LogP contribution in [0.2, 0.25) is 0 Å². The molecule has 0 N–H and O–H groups in total. The molecule has 9 aromatic carbocycles. The molecule has 2 heterocycles. The molecule has 0 unspecified atom stereocenters. The number of hydrogen-bond donors (Lipinski definition) is 0. The number of benzene rings is 9. The van der Waals surface area contributed by atoms with E-state index in [9.17, 15) is 4.57 Å². The van der Waals surface area contributed by atoms with Crippen molar-refractivity contribution in [3.63, 3.8) is 0 Å². The molecule has 0 bridgehead atoms. The fourth-order valence-corrected chi connectivity index (χ4v) is 11.5. The summed E-state index contributed by atoms with van der Waals surface area (Å²) in [7, 11) is -3.05. The van der Waals surface area contributed by atoms with Gasteiger partial charge in [-0.2, -0.15) is 0 Å². The minimum atomic E-state index is -3.05. The van der Waals surface area contributed by atoms with Gasteiger partial charge in [-0.25, -0.2) is 4.98 Å². The summed E-state index contributed by atoms with van der Waals surface area (Å²) in [5.41, 5.74) is 10.9. The van der Waals surface area contributed by atoms with Crippen LogP contribution in [0.5, 0.6) is 0 Å². The number of aromatic nitrogens is 2. The molecule has 0 saturated carbocycles. The molecule has 278 valence electrons. The predicted molar refractivity (Wildman–Crippen MR) is 249 cm³/mol. The zero-order chi connectivity index (χ0) is 39.3. The number of rotatable bonds is 7. The molecule has 0 aliphatic rings. The molecule has 0 fully saturated rings. The molecule has 0 amide bonds. The Morgan fingerprint density at radius 1 is 0.373 bits per heavy atom. The first kappa shape index (κ1) is 34.9. The highest BCUT2D eigenvalue weighted by Gasteiger charge is 2.29. The van der Waals surface area contributed by atoms with Crippen molar-refractivity contribution in [1.29, 1.82) is 0 Å². The van der Waals surface area contributed by atoms with Crippen LogP contribution in [0, 0.1) is 0 Å². The lowest BCUT2D eigenvalue weighted by Crippen LogP contribution is -2.24. The average Bonchev–Trinajstić information content (AvgIpc) is 3.64. The van der Waals surface area contributed by atoms with Crippen LogP contribution in [0.15, 0.2) is 224 Å². The summed E-state index contributed by atoms with van der Waals surface area (Å²) in [6.07, 6.45) is 0. The second kappa shape index (κ2) is 14.3. The van der Waals surface area contributed by atoms with Gasteiger partial charge in [0.05, 0.1) is 22.2 Å². The van der Waals surface area contributed by atoms with E-state index in [4.69, 9.17) is 4.98 Å². The lowest BCUT2D eigenvalue weighted by atomic mass is 9.92. The number of para-hydroxylation sites is 2. The number of nitrogens with zero attached hydrogens (tertiary/aromatic N) is 2. The van der Waals surface area contributed by atoms with Gasteiger partial charge in [0.2, 0.25) is 0 Å².